The van der Waals surface area contributed by atoms with Crippen LogP contribution in [0.25, 0.3) is 0 Å². The Kier molecular flexibility index (Phi) is 7.15. The number of aromatic nitrogens is 1. The molecule has 0 spiro atoms. The lowest BCUT2D eigenvalue weighted by Crippen LogP contribution is -2.12. The first-order chi connectivity index (χ1) is 14.5. The van der Waals surface area contributed by atoms with Gasteiger partial charge in [0.15, 0.2) is 11.5 Å². The summed E-state index contributed by atoms with van der Waals surface area (Å²) in [5, 5.41) is 2.65. The van der Waals surface area contributed by atoms with Crippen molar-refractivity contribution in [2.75, 3.05) is 11.9 Å². The number of halogens is 2. The van der Waals surface area contributed by atoms with Crippen LogP contribution in [0.3, 0.4) is 0 Å². The average molecular weight is 414 g/mol. The molecular formula is C22H20F2N2O4. The standard InChI is InChI=1S/C22H20F2N2O4/c1-2-28-20-12-16(6-7-19(20)29-14-15-8-10-25-11-9-15)21(27)26-17-4-3-5-18(13-17)30-22(23)24/h3-13,22H,2,14H2,1H3,(H,26,27). The lowest BCUT2D eigenvalue weighted by molar-refractivity contribution is -0.0498. The third kappa shape index (κ3) is 5.91. The monoisotopic (exact) mass is 414 g/mol. The molecule has 8 heteroatoms. The molecule has 0 aliphatic heterocycles. The van der Waals surface area contributed by atoms with Crippen molar-refractivity contribution in [2.24, 2.45) is 0 Å². The van der Waals surface area contributed by atoms with Crippen LogP contribution in [-0.4, -0.2) is 24.1 Å². The van der Waals surface area contributed by atoms with E-state index in [1.54, 1.807) is 36.7 Å². The molecule has 0 saturated heterocycles. The predicted octanol–water partition coefficient (Wildman–Crippen LogP) is 4.91. The highest BCUT2D eigenvalue weighted by atomic mass is 19.3. The van der Waals surface area contributed by atoms with Gasteiger partial charge >= 0.3 is 6.61 Å². The van der Waals surface area contributed by atoms with Gasteiger partial charge in [0, 0.05) is 29.7 Å². The number of benzene rings is 2. The van der Waals surface area contributed by atoms with E-state index < -0.39 is 12.5 Å². The van der Waals surface area contributed by atoms with Crippen LogP contribution in [0.1, 0.15) is 22.8 Å². The minimum absolute atomic E-state index is 0.0438. The molecule has 3 aromatic rings. The van der Waals surface area contributed by atoms with Gasteiger partial charge in [0.1, 0.15) is 12.4 Å². The molecule has 6 nitrogen and oxygen atoms in total. The van der Waals surface area contributed by atoms with Crippen molar-refractivity contribution in [3.05, 3.63) is 78.1 Å². The third-order valence-corrected chi connectivity index (χ3v) is 3.97. The van der Waals surface area contributed by atoms with Crippen LogP contribution in [0.5, 0.6) is 17.2 Å². The normalized spacial score (nSPS) is 10.5. The zero-order valence-corrected chi connectivity index (χ0v) is 16.2. The summed E-state index contributed by atoms with van der Waals surface area (Å²) in [6.45, 7) is -0.396. The summed E-state index contributed by atoms with van der Waals surface area (Å²) in [5.41, 5.74) is 1.60. The molecule has 156 valence electrons. The minimum atomic E-state index is -2.94. The Balaban J connectivity index is 1.72. The van der Waals surface area contributed by atoms with Crippen LogP contribution in [-0.2, 0) is 6.61 Å². The molecule has 0 unspecified atom stereocenters. The number of pyridine rings is 1. The van der Waals surface area contributed by atoms with Crippen molar-refractivity contribution in [1.82, 2.24) is 4.98 Å². The molecule has 0 atom stereocenters. The zero-order chi connectivity index (χ0) is 21.3. The molecule has 0 aliphatic rings. The van der Waals surface area contributed by atoms with Crippen molar-refractivity contribution < 1.29 is 27.8 Å². The third-order valence-electron chi connectivity index (χ3n) is 3.97. The van der Waals surface area contributed by atoms with Crippen molar-refractivity contribution in [2.45, 2.75) is 20.1 Å². The molecule has 0 fully saturated rings. The lowest BCUT2D eigenvalue weighted by Gasteiger charge is -2.14. The Morgan fingerprint density at radius 1 is 1.03 bits per heavy atom. The van der Waals surface area contributed by atoms with Crippen LogP contribution < -0.4 is 19.5 Å². The molecule has 1 N–H and O–H groups in total. The number of carbonyl (C=O) groups excluding carboxylic acids is 1. The Bertz CT molecular complexity index is 984. The van der Waals surface area contributed by atoms with Gasteiger partial charge in [0.2, 0.25) is 0 Å². The summed E-state index contributed by atoms with van der Waals surface area (Å²) in [4.78, 5) is 16.6. The highest BCUT2D eigenvalue weighted by Crippen LogP contribution is 2.30. The van der Waals surface area contributed by atoms with E-state index >= 15 is 0 Å². The van der Waals surface area contributed by atoms with Crippen LogP contribution in [0.2, 0.25) is 0 Å². The SMILES string of the molecule is CCOc1cc(C(=O)Nc2cccc(OC(F)F)c2)ccc1OCc1ccncc1. The maximum atomic E-state index is 12.6. The van der Waals surface area contributed by atoms with Gasteiger partial charge in [-0.1, -0.05) is 6.07 Å². The average Bonchev–Trinajstić information content (AvgIpc) is 2.73. The van der Waals surface area contributed by atoms with Crippen LogP contribution >= 0.6 is 0 Å². The van der Waals surface area contributed by atoms with Crippen LogP contribution in [0.15, 0.2) is 67.0 Å². The van der Waals surface area contributed by atoms with Crippen molar-refractivity contribution in [1.29, 1.82) is 0 Å². The fourth-order valence-electron chi connectivity index (χ4n) is 2.63. The highest BCUT2D eigenvalue weighted by molar-refractivity contribution is 6.04. The Morgan fingerprint density at radius 3 is 2.57 bits per heavy atom. The quantitative estimate of drug-likeness (QED) is 0.539. The van der Waals surface area contributed by atoms with Gasteiger partial charge in [0.25, 0.3) is 5.91 Å². The number of nitrogens with one attached hydrogen (secondary N) is 1. The van der Waals surface area contributed by atoms with E-state index in [0.29, 0.717) is 36.0 Å². The van der Waals surface area contributed by atoms with Crippen molar-refractivity contribution in [3.8, 4) is 17.2 Å². The van der Waals surface area contributed by atoms with Crippen LogP contribution in [0, 0.1) is 0 Å². The van der Waals surface area contributed by atoms with Gasteiger partial charge in [-0.2, -0.15) is 8.78 Å². The number of alkyl halides is 2. The molecule has 30 heavy (non-hydrogen) atoms. The molecule has 0 radical (unpaired) electrons. The van der Waals surface area contributed by atoms with Gasteiger partial charge in [0.05, 0.1) is 6.61 Å². The number of ether oxygens (including phenoxy) is 3. The van der Waals surface area contributed by atoms with E-state index in [2.05, 4.69) is 15.0 Å². The topological polar surface area (TPSA) is 69.7 Å². The van der Waals surface area contributed by atoms with E-state index in [1.807, 2.05) is 19.1 Å². The second-order valence-corrected chi connectivity index (χ2v) is 6.10. The van der Waals surface area contributed by atoms with Gasteiger partial charge in [-0.25, -0.2) is 0 Å². The Morgan fingerprint density at radius 2 is 1.83 bits per heavy atom. The maximum Gasteiger partial charge on any atom is 0.387 e. The second kappa shape index (κ2) is 10.2. The number of hydrogen-bond donors (Lipinski definition) is 1. The molecule has 0 saturated carbocycles. The molecule has 0 aliphatic carbocycles. The second-order valence-electron chi connectivity index (χ2n) is 6.10. The number of anilines is 1. The summed E-state index contributed by atoms with van der Waals surface area (Å²) in [7, 11) is 0. The van der Waals surface area contributed by atoms with E-state index in [9.17, 15) is 13.6 Å². The van der Waals surface area contributed by atoms with E-state index in [4.69, 9.17) is 9.47 Å². The Labute approximate surface area is 172 Å². The Hall–Kier alpha value is -3.68. The fraction of sp³-hybridized carbons (Fsp3) is 0.182. The van der Waals surface area contributed by atoms with Gasteiger partial charge in [-0.05, 0) is 55.0 Å². The van der Waals surface area contributed by atoms with E-state index in [-0.39, 0.29) is 5.75 Å². The molecule has 1 aromatic heterocycles. The van der Waals surface area contributed by atoms with Crippen molar-refractivity contribution >= 4 is 11.6 Å². The van der Waals surface area contributed by atoms with E-state index in [0.717, 1.165) is 5.56 Å². The number of nitrogens with zero attached hydrogens (tertiary/aromatic N) is 1. The largest absolute Gasteiger partial charge is 0.490 e. The molecular weight excluding hydrogens is 394 g/mol. The smallest absolute Gasteiger partial charge is 0.387 e. The predicted molar refractivity (Wildman–Crippen MR) is 107 cm³/mol. The number of carbonyl (C=O) groups is 1. The summed E-state index contributed by atoms with van der Waals surface area (Å²) in [6.07, 6.45) is 3.36. The van der Waals surface area contributed by atoms with Crippen molar-refractivity contribution in [3.63, 3.8) is 0 Å². The molecule has 2 aromatic carbocycles. The van der Waals surface area contributed by atoms with Gasteiger partial charge in [-0.3, -0.25) is 9.78 Å². The zero-order valence-electron chi connectivity index (χ0n) is 16.2. The van der Waals surface area contributed by atoms with Crippen LogP contribution in [0.4, 0.5) is 14.5 Å². The molecule has 1 amide bonds. The minimum Gasteiger partial charge on any atom is -0.490 e. The molecule has 3 rings (SSSR count). The lowest BCUT2D eigenvalue weighted by atomic mass is 10.1. The summed E-state index contributed by atoms with van der Waals surface area (Å²) < 4.78 is 40.5. The number of hydrogen-bond acceptors (Lipinski definition) is 5. The first-order valence-corrected chi connectivity index (χ1v) is 9.20. The summed E-state index contributed by atoms with van der Waals surface area (Å²) >= 11 is 0. The number of amides is 1. The first-order valence-electron chi connectivity index (χ1n) is 9.20. The fourth-order valence-corrected chi connectivity index (χ4v) is 2.63. The van der Waals surface area contributed by atoms with Gasteiger partial charge < -0.3 is 19.5 Å². The highest BCUT2D eigenvalue weighted by Gasteiger charge is 2.13. The van der Waals surface area contributed by atoms with E-state index in [1.165, 1.54) is 18.2 Å². The van der Waals surface area contributed by atoms with Gasteiger partial charge in [-0.15, -0.1) is 0 Å². The molecule has 1 heterocycles. The summed E-state index contributed by atoms with van der Waals surface area (Å²) in [5.74, 6) is 0.454. The molecule has 0 bridgehead atoms. The number of rotatable bonds is 9. The summed E-state index contributed by atoms with van der Waals surface area (Å²) in [6, 6.07) is 14.3. The maximum absolute atomic E-state index is 12.6. The first kappa shape index (κ1) is 21.0.